The smallest absolute Gasteiger partial charge is 0.0637 e. The molecule has 4 aromatic rings. The molecule has 34 heavy (non-hydrogen) atoms. The molecule has 0 spiro atoms. The van der Waals surface area contributed by atoms with Gasteiger partial charge in [0.15, 0.2) is 0 Å². The predicted molar refractivity (Wildman–Crippen MR) is 146 cm³/mol. The summed E-state index contributed by atoms with van der Waals surface area (Å²) in [6.45, 7) is 2.23. The predicted octanol–water partition coefficient (Wildman–Crippen LogP) is 8.08. The highest BCUT2D eigenvalue weighted by Gasteiger charge is 2.34. The molecular formula is C31H27BrN2. The van der Waals surface area contributed by atoms with Crippen molar-refractivity contribution in [2.45, 2.75) is 24.7 Å². The molecule has 0 fully saturated rings. The van der Waals surface area contributed by atoms with Crippen molar-refractivity contribution in [1.29, 1.82) is 0 Å². The van der Waals surface area contributed by atoms with E-state index in [-0.39, 0.29) is 0 Å². The summed E-state index contributed by atoms with van der Waals surface area (Å²) in [6, 6.07) is 35.0. The van der Waals surface area contributed by atoms with Gasteiger partial charge in [0.25, 0.3) is 0 Å². The van der Waals surface area contributed by atoms with Crippen molar-refractivity contribution in [2.75, 3.05) is 18.0 Å². The van der Waals surface area contributed by atoms with Crippen molar-refractivity contribution in [3.63, 3.8) is 0 Å². The van der Waals surface area contributed by atoms with E-state index in [1.54, 1.807) is 0 Å². The lowest BCUT2D eigenvalue weighted by Gasteiger charge is -2.43. The third-order valence-corrected chi connectivity index (χ3v) is 7.76. The normalized spacial score (nSPS) is 19.3. The number of halogens is 1. The largest absolute Gasteiger partial charge is 0.371 e. The molecule has 2 aliphatic rings. The first-order valence-corrected chi connectivity index (χ1v) is 12.9. The van der Waals surface area contributed by atoms with Gasteiger partial charge in [-0.05, 0) is 64.9 Å². The zero-order valence-electron chi connectivity index (χ0n) is 19.1. The third-order valence-electron chi connectivity index (χ3n) is 7.23. The van der Waals surface area contributed by atoms with Gasteiger partial charge in [-0.15, -0.1) is 0 Å². The fraction of sp³-hybridized carbons (Fsp3) is 0.194. The second-order valence-corrected chi connectivity index (χ2v) is 10.2. The quantitative estimate of drug-likeness (QED) is 0.255. The van der Waals surface area contributed by atoms with Gasteiger partial charge in [0.05, 0.1) is 5.69 Å². The first-order valence-electron chi connectivity index (χ1n) is 12.1. The highest BCUT2D eigenvalue weighted by molar-refractivity contribution is 9.10. The van der Waals surface area contributed by atoms with Gasteiger partial charge in [-0.1, -0.05) is 88.7 Å². The first kappa shape index (κ1) is 21.4. The molecule has 0 aliphatic carbocycles. The Morgan fingerprint density at radius 2 is 1.24 bits per heavy atom. The van der Waals surface area contributed by atoms with Gasteiger partial charge in [0, 0.05) is 41.3 Å². The highest BCUT2D eigenvalue weighted by Crippen LogP contribution is 2.49. The van der Waals surface area contributed by atoms with E-state index in [0.717, 1.165) is 41.7 Å². The molecule has 168 valence electrons. The molecule has 0 saturated carbocycles. The van der Waals surface area contributed by atoms with E-state index < -0.39 is 0 Å². The molecule has 6 rings (SSSR count). The van der Waals surface area contributed by atoms with E-state index >= 15 is 0 Å². The summed E-state index contributed by atoms with van der Waals surface area (Å²) in [5.41, 5.74) is 9.26. The number of hydrogen-bond acceptors (Lipinski definition) is 2. The minimum absolute atomic E-state index is 0.406. The monoisotopic (exact) mass is 506 g/mol. The van der Waals surface area contributed by atoms with Gasteiger partial charge in [0.1, 0.15) is 0 Å². The SMILES string of the molecule is Brc1ccc(C=Nc2cc3c4c(c2)[C@H](c2ccccc2)CCN4CC[C@@H]3c2ccccc2)cc1. The fourth-order valence-corrected chi connectivity index (χ4v) is 5.88. The van der Waals surface area contributed by atoms with Gasteiger partial charge in [-0.25, -0.2) is 0 Å². The number of rotatable bonds is 4. The molecule has 0 unspecified atom stereocenters. The molecule has 2 heterocycles. The topological polar surface area (TPSA) is 15.6 Å². The van der Waals surface area contributed by atoms with Crippen molar-refractivity contribution in [1.82, 2.24) is 0 Å². The lowest BCUT2D eigenvalue weighted by atomic mass is 9.76. The Morgan fingerprint density at radius 3 is 1.76 bits per heavy atom. The Labute approximate surface area is 210 Å². The molecule has 2 nitrogen and oxygen atoms in total. The highest BCUT2D eigenvalue weighted by atomic mass is 79.9. The number of aliphatic imine (C=N–C) groups is 1. The minimum atomic E-state index is 0.406. The molecule has 0 amide bonds. The van der Waals surface area contributed by atoms with Gasteiger partial charge in [-0.3, -0.25) is 4.99 Å². The van der Waals surface area contributed by atoms with Crippen molar-refractivity contribution in [2.24, 2.45) is 4.99 Å². The van der Waals surface area contributed by atoms with E-state index in [1.807, 2.05) is 6.21 Å². The molecule has 0 bridgehead atoms. The third kappa shape index (κ3) is 4.10. The Balaban J connectivity index is 1.49. The first-order chi connectivity index (χ1) is 16.8. The summed E-state index contributed by atoms with van der Waals surface area (Å²) in [6.07, 6.45) is 4.28. The average molecular weight is 507 g/mol. The van der Waals surface area contributed by atoms with Crippen LogP contribution in [-0.2, 0) is 0 Å². The molecular weight excluding hydrogens is 480 g/mol. The zero-order valence-corrected chi connectivity index (χ0v) is 20.7. The Kier molecular flexibility index (Phi) is 5.80. The van der Waals surface area contributed by atoms with Crippen LogP contribution in [0, 0.1) is 0 Å². The minimum Gasteiger partial charge on any atom is -0.371 e. The van der Waals surface area contributed by atoms with Crippen LogP contribution in [0.25, 0.3) is 0 Å². The number of benzene rings is 4. The van der Waals surface area contributed by atoms with E-state index in [1.165, 1.54) is 27.9 Å². The lowest BCUT2D eigenvalue weighted by Crippen LogP contribution is -2.37. The summed E-state index contributed by atoms with van der Waals surface area (Å²) >= 11 is 3.52. The van der Waals surface area contributed by atoms with Crippen molar-refractivity contribution in [3.8, 4) is 0 Å². The maximum atomic E-state index is 4.97. The fourth-order valence-electron chi connectivity index (χ4n) is 5.61. The summed E-state index contributed by atoms with van der Waals surface area (Å²) in [7, 11) is 0. The number of hydrogen-bond donors (Lipinski definition) is 0. The molecule has 0 saturated heterocycles. The van der Waals surface area contributed by atoms with Gasteiger partial charge in [-0.2, -0.15) is 0 Å². The number of nitrogens with zero attached hydrogens (tertiary/aromatic N) is 2. The average Bonchev–Trinajstić information content (AvgIpc) is 2.90. The standard InChI is InChI=1S/C31H27BrN2/c32-25-13-11-22(12-14-25)21-33-26-19-29-27(23-7-3-1-4-8-23)15-17-34-18-16-28(30(20-26)31(29)34)24-9-5-2-6-10-24/h1-14,19-21,27-28H,15-18H2/t27-,28+. The molecule has 3 heteroatoms. The van der Waals surface area contributed by atoms with Crippen LogP contribution in [0.1, 0.15) is 52.5 Å². The van der Waals surface area contributed by atoms with Crippen LogP contribution in [-0.4, -0.2) is 19.3 Å². The van der Waals surface area contributed by atoms with E-state index in [2.05, 4.69) is 118 Å². The van der Waals surface area contributed by atoms with Crippen LogP contribution in [0.2, 0.25) is 0 Å². The second kappa shape index (κ2) is 9.23. The van der Waals surface area contributed by atoms with Crippen molar-refractivity contribution in [3.05, 3.63) is 129 Å². The number of anilines is 1. The van der Waals surface area contributed by atoms with Crippen molar-refractivity contribution >= 4 is 33.5 Å². The van der Waals surface area contributed by atoms with Gasteiger partial charge in [0.2, 0.25) is 0 Å². The van der Waals surface area contributed by atoms with Crippen LogP contribution >= 0.6 is 15.9 Å². The molecule has 0 N–H and O–H groups in total. The van der Waals surface area contributed by atoms with E-state index in [0.29, 0.717) is 11.8 Å². The van der Waals surface area contributed by atoms with Crippen LogP contribution in [0.5, 0.6) is 0 Å². The van der Waals surface area contributed by atoms with Crippen molar-refractivity contribution < 1.29 is 0 Å². The summed E-state index contributed by atoms with van der Waals surface area (Å²) in [4.78, 5) is 7.59. The summed E-state index contributed by atoms with van der Waals surface area (Å²) in [5.74, 6) is 0.812. The summed E-state index contributed by atoms with van der Waals surface area (Å²) < 4.78 is 1.08. The zero-order chi connectivity index (χ0) is 22.9. The van der Waals surface area contributed by atoms with Crippen LogP contribution in [0.15, 0.2) is 107 Å². The Hall–Kier alpha value is -3.17. The van der Waals surface area contributed by atoms with E-state index in [4.69, 9.17) is 4.99 Å². The van der Waals surface area contributed by atoms with Crippen LogP contribution < -0.4 is 4.90 Å². The maximum absolute atomic E-state index is 4.97. The molecule has 2 aliphatic heterocycles. The molecule has 0 aromatic heterocycles. The van der Waals surface area contributed by atoms with E-state index in [9.17, 15) is 0 Å². The van der Waals surface area contributed by atoms with Gasteiger partial charge < -0.3 is 4.90 Å². The van der Waals surface area contributed by atoms with Crippen LogP contribution in [0.3, 0.4) is 0 Å². The molecule has 2 atom stereocenters. The lowest BCUT2D eigenvalue weighted by molar-refractivity contribution is 0.571. The molecule has 4 aromatic carbocycles. The Morgan fingerprint density at radius 1 is 0.706 bits per heavy atom. The molecule has 0 radical (unpaired) electrons. The van der Waals surface area contributed by atoms with Gasteiger partial charge >= 0.3 is 0 Å². The Bertz CT molecular complexity index is 1240. The summed E-state index contributed by atoms with van der Waals surface area (Å²) in [5, 5.41) is 0. The maximum Gasteiger partial charge on any atom is 0.0637 e. The van der Waals surface area contributed by atoms with Crippen LogP contribution in [0.4, 0.5) is 11.4 Å². The second-order valence-electron chi connectivity index (χ2n) is 9.27.